The zero-order chi connectivity index (χ0) is 9.98. The van der Waals surface area contributed by atoms with Crippen LogP contribution < -0.4 is 0 Å². The fourth-order valence-corrected chi connectivity index (χ4v) is 1.84. The third kappa shape index (κ3) is 22.4. The van der Waals surface area contributed by atoms with Crippen LogP contribution in [0.5, 0.6) is 0 Å². The zero-order valence-electron chi connectivity index (χ0n) is 9.39. The molecule has 2 heteroatoms. The van der Waals surface area contributed by atoms with Crippen LogP contribution in [-0.2, 0) is 0 Å². The summed E-state index contributed by atoms with van der Waals surface area (Å²) in [6.45, 7) is 11.1. The molecule has 0 rings (SSSR count). The first-order chi connectivity index (χ1) is 5.54. The van der Waals surface area contributed by atoms with Crippen molar-refractivity contribution in [1.82, 2.24) is 0 Å². The molecule has 0 aromatic heterocycles. The van der Waals surface area contributed by atoms with Gasteiger partial charge in [-0.3, -0.25) is 0 Å². The Bertz CT molecular complexity index is 70.2. The van der Waals surface area contributed by atoms with Gasteiger partial charge in [0.25, 0.3) is 0 Å². The molecule has 0 radical (unpaired) electrons. The van der Waals surface area contributed by atoms with E-state index < -0.39 is 0 Å². The molecule has 0 heterocycles. The Balaban J connectivity index is 0. The van der Waals surface area contributed by atoms with Crippen molar-refractivity contribution < 1.29 is 0 Å². The summed E-state index contributed by atoms with van der Waals surface area (Å²) in [4.78, 5) is 0. The largest absolute Gasteiger partial charge is 0.0976 e. The van der Waals surface area contributed by atoms with E-state index in [-0.39, 0.29) is 0 Å². The summed E-state index contributed by atoms with van der Waals surface area (Å²) in [7, 11) is 3.78. The second-order valence-electron chi connectivity index (χ2n) is 3.65. The van der Waals surface area contributed by atoms with Crippen molar-refractivity contribution in [2.75, 3.05) is 12.0 Å². The zero-order valence-corrected chi connectivity index (χ0v) is 11.0. The lowest BCUT2D eigenvalue weighted by Gasteiger charge is -1.98. The van der Waals surface area contributed by atoms with E-state index in [1.807, 2.05) is 21.6 Å². The summed E-state index contributed by atoms with van der Waals surface area (Å²) in [5, 5.41) is 0. The molecule has 0 N–H and O–H groups in total. The van der Waals surface area contributed by atoms with Gasteiger partial charge < -0.3 is 0 Å². The van der Waals surface area contributed by atoms with Gasteiger partial charge in [0.2, 0.25) is 0 Å². The smallest absolute Gasteiger partial charge is 0.00599 e. The summed E-state index contributed by atoms with van der Waals surface area (Å²) in [5.41, 5.74) is 0. The van der Waals surface area contributed by atoms with Crippen molar-refractivity contribution in [2.45, 2.75) is 41.0 Å². The van der Waals surface area contributed by atoms with Crippen LogP contribution >= 0.6 is 21.6 Å². The molecule has 0 saturated heterocycles. The second kappa shape index (κ2) is 11.7. The minimum Gasteiger partial charge on any atom is -0.0976 e. The van der Waals surface area contributed by atoms with E-state index in [0.29, 0.717) is 0 Å². The summed E-state index contributed by atoms with van der Waals surface area (Å²) in [6.07, 6.45) is 3.42. The van der Waals surface area contributed by atoms with E-state index in [9.17, 15) is 0 Å². The molecule has 0 bridgehead atoms. The monoisotopic (exact) mass is 208 g/mol. The van der Waals surface area contributed by atoms with Gasteiger partial charge in [-0.15, -0.1) is 0 Å². The van der Waals surface area contributed by atoms with E-state index in [4.69, 9.17) is 0 Å². The van der Waals surface area contributed by atoms with Gasteiger partial charge in [-0.2, -0.15) is 0 Å². The van der Waals surface area contributed by atoms with Gasteiger partial charge in [-0.25, -0.2) is 0 Å². The van der Waals surface area contributed by atoms with Gasteiger partial charge in [0.1, 0.15) is 0 Å². The number of hydrogen-bond donors (Lipinski definition) is 0. The summed E-state index contributed by atoms with van der Waals surface area (Å²) < 4.78 is 0. The van der Waals surface area contributed by atoms with Gasteiger partial charge in [0.15, 0.2) is 0 Å². The van der Waals surface area contributed by atoms with Crippen molar-refractivity contribution in [3.63, 3.8) is 0 Å². The lowest BCUT2D eigenvalue weighted by molar-refractivity contribution is 0.626. The van der Waals surface area contributed by atoms with Gasteiger partial charge in [-0.1, -0.05) is 62.6 Å². The second-order valence-corrected chi connectivity index (χ2v) is 6.26. The summed E-state index contributed by atoms with van der Waals surface area (Å²) in [5.74, 6) is 3.01. The van der Waals surface area contributed by atoms with Crippen molar-refractivity contribution in [3.8, 4) is 0 Å². The van der Waals surface area contributed by atoms with Gasteiger partial charge >= 0.3 is 0 Å². The Morgan fingerprint density at radius 2 is 1.42 bits per heavy atom. The van der Waals surface area contributed by atoms with E-state index in [2.05, 4.69) is 40.9 Å². The van der Waals surface area contributed by atoms with Crippen molar-refractivity contribution >= 4 is 21.6 Å². The molecular formula is C10H24S2. The minimum atomic E-state index is 0.845. The van der Waals surface area contributed by atoms with Crippen LogP contribution in [0.1, 0.15) is 41.0 Å². The maximum Gasteiger partial charge on any atom is 0.00599 e. The fraction of sp³-hybridized carbons (Fsp3) is 1.00. The third-order valence-electron chi connectivity index (χ3n) is 1.34. The summed E-state index contributed by atoms with van der Waals surface area (Å²) in [6, 6.07) is 0. The molecule has 0 saturated carbocycles. The van der Waals surface area contributed by atoms with Gasteiger partial charge in [-0.05, 0) is 18.1 Å². The van der Waals surface area contributed by atoms with E-state index in [1.165, 1.54) is 12.2 Å². The molecule has 0 atom stereocenters. The molecule has 0 aliphatic heterocycles. The topological polar surface area (TPSA) is 0 Å². The molecule has 0 nitrogen and oxygen atoms in total. The highest BCUT2D eigenvalue weighted by molar-refractivity contribution is 8.76. The predicted molar refractivity (Wildman–Crippen MR) is 65.9 cm³/mol. The molecule has 0 fully saturated rings. The van der Waals surface area contributed by atoms with Crippen molar-refractivity contribution in [1.29, 1.82) is 0 Å². The molecule has 12 heavy (non-hydrogen) atoms. The van der Waals surface area contributed by atoms with E-state index >= 15 is 0 Å². The highest BCUT2D eigenvalue weighted by Gasteiger charge is 1.89. The molecule has 76 valence electrons. The predicted octanol–water partition coefficient (Wildman–Crippen LogP) is 4.71. The summed E-state index contributed by atoms with van der Waals surface area (Å²) >= 11 is 0. The molecule has 0 aliphatic rings. The fourth-order valence-electron chi connectivity index (χ4n) is 0.204. The number of rotatable bonds is 4. The normalized spacial score (nSPS) is 10.0. The Labute approximate surface area is 86.7 Å². The van der Waals surface area contributed by atoms with Gasteiger partial charge in [0, 0.05) is 5.75 Å². The van der Waals surface area contributed by atoms with Crippen LogP contribution in [0.2, 0.25) is 0 Å². The van der Waals surface area contributed by atoms with Crippen LogP contribution in [0.15, 0.2) is 0 Å². The lowest BCUT2D eigenvalue weighted by Crippen LogP contribution is -1.86. The Hall–Kier alpha value is 0.700. The third-order valence-corrected chi connectivity index (χ3v) is 3.49. The Morgan fingerprint density at radius 3 is 1.50 bits per heavy atom. The van der Waals surface area contributed by atoms with Crippen LogP contribution in [0.25, 0.3) is 0 Å². The molecule has 0 aromatic carbocycles. The molecule has 0 aliphatic carbocycles. The first-order valence-electron chi connectivity index (χ1n) is 4.70. The number of hydrogen-bond acceptors (Lipinski definition) is 2. The molecule has 0 aromatic rings. The van der Waals surface area contributed by atoms with Crippen molar-refractivity contribution in [3.05, 3.63) is 0 Å². The van der Waals surface area contributed by atoms with Crippen LogP contribution in [-0.4, -0.2) is 12.0 Å². The molecular weight excluding hydrogens is 184 g/mol. The van der Waals surface area contributed by atoms with Crippen LogP contribution in [0, 0.1) is 11.8 Å². The quantitative estimate of drug-likeness (QED) is 0.614. The molecule has 0 spiro atoms. The minimum absolute atomic E-state index is 0.845. The first-order valence-corrected chi connectivity index (χ1v) is 7.42. The SMILES string of the molecule is CCC(C)C.CSSCC(C)C. The standard InChI is InChI=1S/C5H12S2.C5H12/c1-5(2)4-7-6-3;1-4-5(2)3/h5H,4H2,1-3H3;5H,4H2,1-3H3. The van der Waals surface area contributed by atoms with Crippen LogP contribution in [0.4, 0.5) is 0 Å². The molecule has 0 unspecified atom stereocenters. The van der Waals surface area contributed by atoms with Crippen LogP contribution in [0.3, 0.4) is 0 Å². The highest BCUT2D eigenvalue weighted by Crippen LogP contribution is 2.19. The average Bonchev–Trinajstić information content (AvgIpc) is 2.02. The Kier molecular flexibility index (Phi) is 14.8. The highest BCUT2D eigenvalue weighted by atomic mass is 33.1. The van der Waals surface area contributed by atoms with Crippen molar-refractivity contribution in [2.24, 2.45) is 11.8 Å². The first kappa shape index (κ1) is 15.2. The maximum absolute atomic E-state index is 2.24. The average molecular weight is 208 g/mol. The maximum atomic E-state index is 2.24. The Morgan fingerprint density at radius 1 is 1.00 bits per heavy atom. The van der Waals surface area contributed by atoms with Gasteiger partial charge in [0.05, 0.1) is 0 Å². The lowest BCUT2D eigenvalue weighted by atomic mass is 10.2. The van der Waals surface area contributed by atoms with E-state index in [1.54, 1.807) is 0 Å². The van der Waals surface area contributed by atoms with E-state index in [0.717, 1.165) is 11.8 Å². The molecule has 0 amide bonds.